The third kappa shape index (κ3) is 7.04. The number of carbonyl (C=O) groups is 1. The molecule has 0 aliphatic carbocycles. The number of carbonyl (C=O) groups excluding carboxylic acids is 1. The van der Waals surface area contributed by atoms with Crippen molar-refractivity contribution in [3.8, 4) is 11.8 Å². The minimum atomic E-state index is -4.53. The lowest BCUT2D eigenvalue weighted by Crippen LogP contribution is -2.35. The van der Waals surface area contributed by atoms with Crippen LogP contribution in [0, 0.1) is 11.3 Å². The zero-order valence-corrected chi connectivity index (χ0v) is 25.7. The molecule has 1 fully saturated rings. The lowest BCUT2D eigenvalue weighted by molar-refractivity contribution is -0.137. The molecule has 8 nitrogen and oxygen atoms in total. The average Bonchev–Trinajstić information content (AvgIpc) is 3.33. The van der Waals surface area contributed by atoms with E-state index in [0.717, 1.165) is 47.3 Å². The van der Waals surface area contributed by atoms with Gasteiger partial charge in [0.1, 0.15) is 10.7 Å². The molecule has 1 aliphatic rings. The molecule has 14 heteroatoms. The Bertz CT molecular complexity index is 2080. The fourth-order valence-electron chi connectivity index (χ4n) is 4.77. The highest BCUT2D eigenvalue weighted by Crippen LogP contribution is 2.29. The van der Waals surface area contributed by atoms with Crippen molar-refractivity contribution in [2.45, 2.75) is 30.3 Å². The van der Waals surface area contributed by atoms with E-state index in [1.807, 2.05) is 6.07 Å². The molecule has 4 aromatic rings. The fourth-order valence-corrected chi connectivity index (χ4v) is 7.56. The van der Waals surface area contributed by atoms with Crippen LogP contribution in [0.25, 0.3) is 17.3 Å². The van der Waals surface area contributed by atoms with Gasteiger partial charge >= 0.3 is 6.18 Å². The molecule has 2 heterocycles. The van der Waals surface area contributed by atoms with Crippen LogP contribution in [0.5, 0.6) is 0 Å². The number of hydrogen-bond donors (Lipinski definition) is 1. The number of nitrogens with zero attached hydrogens (tertiary/aromatic N) is 3. The number of halogens is 4. The van der Waals surface area contributed by atoms with Gasteiger partial charge in [0, 0.05) is 23.8 Å². The monoisotopic (exact) mass is 672 g/mol. The number of thiazole rings is 1. The predicted octanol–water partition coefficient (Wildman–Crippen LogP) is 4.89. The maximum Gasteiger partial charge on any atom is 0.416 e. The number of sulfonamides is 1. The van der Waals surface area contributed by atoms with Crippen LogP contribution in [-0.4, -0.2) is 36.3 Å². The Morgan fingerprint density at radius 2 is 1.67 bits per heavy atom. The average molecular weight is 673 g/mol. The van der Waals surface area contributed by atoms with E-state index in [1.165, 1.54) is 71.0 Å². The predicted molar refractivity (Wildman–Crippen MR) is 166 cm³/mol. The lowest BCUT2D eigenvalue weighted by Gasteiger charge is -2.26. The molecule has 0 unspecified atom stereocenters. The molecule has 0 bridgehead atoms. The summed E-state index contributed by atoms with van der Waals surface area (Å²) in [5.41, 5.74) is -1.20. The van der Waals surface area contributed by atoms with Crippen molar-refractivity contribution in [3.05, 3.63) is 108 Å². The van der Waals surface area contributed by atoms with Crippen molar-refractivity contribution >= 4 is 56.2 Å². The van der Waals surface area contributed by atoms with E-state index >= 15 is 0 Å². The number of amides is 1. The maximum atomic E-state index is 13.6. The van der Waals surface area contributed by atoms with Crippen molar-refractivity contribution in [1.82, 2.24) is 8.87 Å². The summed E-state index contributed by atoms with van der Waals surface area (Å²) in [6, 6.07) is 17.8. The number of anilines is 1. The second-order valence-electron chi connectivity index (χ2n) is 10.1. The van der Waals surface area contributed by atoms with Gasteiger partial charge in [0.25, 0.3) is 11.5 Å². The van der Waals surface area contributed by atoms with Gasteiger partial charge in [-0.1, -0.05) is 36.2 Å². The Kier molecular flexibility index (Phi) is 9.31. The quantitative estimate of drug-likeness (QED) is 0.314. The van der Waals surface area contributed by atoms with Crippen LogP contribution in [0.15, 0.2) is 82.5 Å². The number of nitriles is 1. The first-order valence-electron chi connectivity index (χ1n) is 13.6. The van der Waals surface area contributed by atoms with Crippen LogP contribution in [0.2, 0.25) is 5.02 Å². The molecule has 0 saturated carbocycles. The number of piperidine rings is 1. The zero-order chi connectivity index (χ0) is 32.4. The van der Waals surface area contributed by atoms with E-state index in [2.05, 4.69) is 5.32 Å². The molecule has 232 valence electrons. The summed E-state index contributed by atoms with van der Waals surface area (Å²) >= 11 is 6.83. The molecule has 1 aromatic heterocycles. The third-order valence-corrected chi connectivity index (χ3v) is 10.3. The number of nitrogens with one attached hydrogen (secondary N) is 1. The maximum absolute atomic E-state index is 13.6. The van der Waals surface area contributed by atoms with E-state index in [9.17, 15) is 36.4 Å². The molecule has 1 saturated heterocycles. The van der Waals surface area contributed by atoms with Gasteiger partial charge in [-0.15, -0.1) is 11.3 Å². The Labute approximate surface area is 265 Å². The van der Waals surface area contributed by atoms with Gasteiger partial charge in [-0.2, -0.15) is 22.7 Å². The molecule has 1 amide bonds. The number of rotatable bonds is 6. The molecule has 1 aliphatic heterocycles. The van der Waals surface area contributed by atoms with E-state index in [1.54, 1.807) is 0 Å². The van der Waals surface area contributed by atoms with Crippen LogP contribution in [-0.2, 0) is 21.0 Å². The van der Waals surface area contributed by atoms with Gasteiger partial charge in [0.05, 0.1) is 20.7 Å². The van der Waals surface area contributed by atoms with Crippen molar-refractivity contribution in [3.63, 3.8) is 0 Å². The summed E-state index contributed by atoms with van der Waals surface area (Å²) in [6.07, 6.45) is -0.709. The van der Waals surface area contributed by atoms with Crippen molar-refractivity contribution in [1.29, 1.82) is 5.26 Å². The van der Waals surface area contributed by atoms with Crippen molar-refractivity contribution < 1.29 is 26.4 Å². The normalized spacial score (nSPS) is 15.4. The van der Waals surface area contributed by atoms with Crippen LogP contribution < -0.4 is 20.1 Å². The largest absolute Gasteiger partial charge is 0.416 e. The topological polar surface area (TPSA) is 112 Å². The van der Waals surface area contributed by atoms with Gasteiger partial charge in [-0.3, -0.25) is 14.2 Å². The highest BCUT2D eigenvalue weighted by Gasteiger charge is 2.30. The Balaban J connectivity index is 1.59. The minimum Gasteiger partial charge on any atom is -0.321 e. The second kappa shape index (κ2) is 13.0. The molecular weight excluding hydrogens is 649 g/mol. The van der Waals surface area contributed by atoms with Crippen LogP contribution in [0.3, 0.4) is 0 Å². The first kappa shape index (κ1) is 32.2. The molecule has 1 N–H and O–H groups in total. The molecule has 45 heavy (non-hydrogen) atoms. The summed E-state index contributed by atoms with van der Waals surface area (Å²) in [7, 11) is -3.80. The Morgan fingerprint density at radius 1 is 1.00 bits per heavy atom. The zero-order valence-electron chi connectivity index (χ0n) is 23.3. The van der Waals surface area contributed by atoms with Crippen LogP contribution >= 0.6 is 22.9 Å². The van der Waals surface area contributed by atoms with Crippen molar-refractivity contribution in [2.75, 3.05) is 18.4 Å². The standard InChI is InChI=1S/C31H24ClF3N4O4S2/c32-22-11-13-24(14-12-22)39-29(41)27(17-20-7-9-21(10-8-20)31(33,34)35)44-30(39)26(19-36)28(40)37-23-5-4-6-25(18-23)45(42,43)38-15-2-1-3-16-38/h4-14,17-18H,1-3,15-16H2,(H,37,40)/b27-17+,30-26+. The van der Waals surface area contributed by atoms with Crippen LogP contribution in [0.1, 0.15) is 30.4 Å². The fraction of sp³-hybridized carbons (Fsp3) is 0.194. The highest BCUT2D eigenvalue weighted by molar-refractivity contribution is 7.89. The summed E-state index contributed by atoms with van der Waals surface area (Å²) in [4.78, 5) is 27.1. The molecule has 5 rings (SSSR count). The highest BCUT2D eigenvalue weighted by atomic mass is 35.5. The van der Waals surface area contributed by atoms with Gasteiger partial charge in [0.2, 0.25) is 10.0 Å². The van der Waals surface area contributed by atoms with Gasteiger partial charge in [-0.05, 0) is 79.1 Å². The van der Waals surface area contributed by atoms with Crippen molar-refractivity contribution in [2.24, 2.45) is 0 Å². The van der Waals surface area contributed by atoms with E-state index < -0.39 is 38.8 Å². The van der Waals surface area contributed by atoms with E-state index in [0.29, 0.717) is 23.7 Å². The molecule has 0 radical (unpaired) electrons. The minimum absolute atomic E-state index is 0.0108. The molecule has 0 spiro atoms. The first-order valence-corrected chi connectivity index (χ1v) is 16.2. The molecule has 0 atom stereocenters. The SMILES string of the molecule is N#C/C(C(=O)Nc1cccc(S(=O)(=O)N2CCCCC2)c1)=c1\s/c(=C/c2ccc(C(F)(F)F)cc2)c(=O)n1-c1ccc(Cl)cc1. The summed E-state index contributed by atoms with van der Waals surface area (Å²) in [5.74, 6) is -0.893. The van der Waals surface area contributed by atoms with E-state index in [4.69, 9.17) is 11.6 Å². The van der Waals surface area contributed by atoms with Gasteiger partial charge in [0.15, 0.2) is 5.57 Å². The first-order chi connectivity index (χ1) is 21.4. The molecule has 3 aromatic carbocycles. The molecular formula is C31H24ClF3N4O4S2. The van der Waals surface area contributed by atoms with Crippen LogP contribution in [0.4, 0.5) is 18.9 Å². The lowest BCUT2D eigenvalue weighted by atomic mass is 10.1. The smallest absolute Gasteiger partial charge is 0.321 e. The summed E-state index contributed by atoms with van der Waals surface area (Å²) < 4.78 is 68.0. The third-order valence-electron chi connectivity index (χ3n) is 7.04. The Morgan fingerprint density at radius 3 is 2.29 bits per heavy atom. The summed E-state index contributed by atoms with van der Waals surface area (Å²) in [6.45, 7) is 0.801. The second-order valence-corrected chi connectivity index (χ2v) is 13.5. The Hall–Kier alpha value is -4.22. The number of benzene rings is 3. The number of hydrogen-bond acceptors (Lipinski definition) is 6. The summed E-state index contributed by atoms with van der Waals surface area (Å²) in [5, 5.41) is 13.0. The number of alkyl halides is 3. The van der Waals surface area contributed by atoms with E-state index in [-0.39, 0.29) is 25.5 Å². The van der Waals surface area contributed by atoms with Gasteiger partial charge < -0.3 is 5.32 Å². The van der Waals surface area contributed by atoms with Gasteiger partial charge in [-0.25, -0.2) is 8.42 Å². The number of aromatic nitrogens is 1.